The zero-order valence-corrected chi connectivity index (χ0v) is 11.7. The maximum absolute atomic E-state index is 13.5. The van der Waals surface area contributed by atoms with Crippen molar-refractivity contribution >= 4 is 11.9 Å². The highest BCUT2D eigenvalue weighted by Crippen LogP contribution is 2.18. The fourth-order valence-corrected chi connectivity index (χ4v) is 1.65. The third kappa shape index (κ3) is 3.69. The third-order valence-corrected chi connectivity index (χ3v) is 3.18. The lowest BCUT2D eigenvalue weighted by molar-refractivity contribution is -0.146. The van der Waals surface area contributed by atoms with E-state index in [1.54, 1.807) is 13.0 Å². The molecule has 1 aromatic rings. The molecule has 0 aliphatic carbocycles. The Kier molecular flexibility index (Phi) is 5.07. The SMILES string of the molecule is CCC(C)(NC(=O)Cc1ccc(OC)c(F)c1)C(=O)O. The van der Waals surface area contributed by atoms with Crippen LogP contribution in [0.15, 0.2) is 18.2 Å². The van der Waals surface area contributed by atoms with E-state index in [0.29, 0.717) is 5.56 Å². The van der Waals surface area contributed by atoms with Crippen molar-refractivity contribution in [1.29, 1.82) is 0 Å². The molecule has 0 saturated heterocycles. The minimum atomic E-state index is -1.32. The quantitative estimate of drug-likeness (QED) is 0.834. The van der Waals surface area contributed by atoms with E-state index in [2.05, 4.69) is 5.32 Å². The summed E-state index contributed by atoms with van der Waals surface area (Å²) < 4.78 is 18.3. The van der Waals surface area contributed by atoms with Crippen molar-refractivity contribution in [2.75, 3.05) is 7.11 Å². The first-order valence-electron chi connectivity index (χ1n) is 6.19. The Balaban J connectivity index is 2.76. The summed E-state index contributed by atoms with van der Waals surface area (Å²) in [4.78, 5) is 22.9. The number of carbonyl (C=O) groups is 2. The summed E-state index contributed by atoms with van der Waals surface area (Å²) in [5.41, 5.74) is -0.869. The Bertz CT molecular complexity index is 518. The Labute approximate surface area is 116 Å². The Morgan fingerprint density at radius 1 is 1.45 bits per heavy atom. The van der Waals surface area contributed by atoms with Crippen LogP contribution in [0.1, 0.15) is 25.8 Å². The molecule has 5 nitrogen and oxygen atoms in total. The summed E-state index contributed by atoms with van der Waals surface area (Å²) in [6.07, 6.45) is 0.162. The molecule has 1 amide bonds. The number of halogens is 1. The molecule has 0 aromatic heterocycles. The third-order valence-electron chi connectivity index (χ3n) is 3.18. The second kappa shape index (κ2) is 6.36. The monoisotopic (exact) mass is 283 g/mol. The molecule has 0 radical (unpaired) electrons. The van der Waals surface area contributed by atoms with Crippen molar-refractivity contribution in [2.24, 2.45) is 0 Å². The van der Waals surface area contributed by atoms with Crippen molar-refractivity contribution in [2.45, 2.75) is 32.2 Å². The van der Waals surface area contributed by atoms with Crippen LogP contribution in [0.3, 0.4) is 0 Å². The van der Waals surface area contributed by atoms with Gasteiger partial charge in [0, 0.05) is 0 Å². The fraction of sp³-hybridized carbons (Fsp3) is 0.429. The van der Waals surface area contributed by atoms with Gasteiger partial charge in [-0.15, -0.1) is 0 Å². The minimum absolute atomic E-state index is 0.0935. The van der Waals surface area contributed by atoms with Crippen LogP contribution in [0.4, 0.5) is 4.39 Å². The molecule has 2 N–H and O–H groups in total. The molecule has 20 heavy (non-hydrogen) atoms. The molecule has 0 aliphatic heterocycles. The zero-order chi connectivity index (χ0) is 15.3. The van der Waals surface area contributed by atoms with E-state index in [1.165, 1.54) is 26.2 Å². The number of carboxylic acid groups (broad SMARTS) is 1. The van der Waals surface area contributed by atoms with Crippen LogP contribution < -0.4 is 10.1 Å². The second-order valence-electron chi connectivity index (χ2n) is 4.68. The van der Waals surface area contributed by atoms with Crippen LogP contribution in [-0.4, -0.2) is 29.6 Å². The number of methoxy groups -OCH3 is 1. The molecule has 110 valence electrons. The Hall–Kier alpha value is -2.11. The predicted molar refractivity (Wildman–Crippen MR) is 71.1 cm³/mol. The summed E-state index contributed by atoms with van der Waals surface area (Å²) in [7, 11) is 1.35. The highest BCUT2D eigenvalue weighted by Gasteiger charge is 2.32. The summed E-state index contributed by atoms with van der Waals surface area (Å²) in [5.74, 6) is -2.04. The van der Waals surface area contributed by atoms with Gasteiger partial charge >= 0.3 is 5.97 Å². The molecule has 0 heterocycles. The van der Waals surface area contributed by atoms with Gasteiger partial charge in [-0.05, 0) is 31.0 Å². The number of rotatable bonds is 6. The smallest absolute Gasteiger partial charge is 0.329 e. The molecule has 6 heteroatoms. The van der Waals surface area contributed by atoms with Crippen LogP contribution in [0.25, 0.3) is 0 Å². The fourth-order valence-electron chi connectivity index (χ4n) is 1.65. The second-order valence-corrected chi connectivity index (χ2v) is 4.68. The molecule has 0 bridgehead atoms. The van der Waals surface area contributed by atoms with Crippen molar-refractivity contribution < 1.29 is 23.8 Å². The molecule has 1 aromatic carbocycles. The minimum Gasteiger partial charge on any atom is -0.494 e. The van der Waals surface area contributed by atoms with Crippen molar-refractivity contribution in [3.05, 3.63) is 29.6 Å². The molecule has 0 saturated carbocycles. The van der Waals surface area contributed by atoms with Gasteiger partial charge in [-0.25, -0.2) is 9.18 Å². The average molecular weight is 283 g/mol. The number of ether oxygens (including phenoxy) is 1. The highest BCUT2D eigenvalue weighted by molar-refractivity contribution is 5.87. The number of nitrogens with one attached hydrogen (secondary N) is 1. The lowest BCUT2D eigenvalue weighted by Crippen LogP contribution is -2.52. The van der Waals surface area contributed by atoms with Gasteiger partial charge in [0.1, 0.15) is 5.54 Å². The Morgan fingerprint density at radius 3 is 2.55 bits per heavy atom. The van der Waals surface area contributed by atoms with E-state index >= 15 is 0 Å². The predicted octanol–water partition coefficient (Wildman–Crippen LogP) is 1.75. The van der Waals surface area contributed by atoms with Crippen molar-refractivity contribution in [3.63, 3.8) is 0 Å². The van der Waals surface area contributed by atoms with E-state index in [0.717, 1.165) is 0 Å². The highest BCUT2D eigenvalue weighted by atomic mass is 19.1. The lowest BCUT2D eigenvalue weighted by Gasteiger charge is -2.24. The zero-order valence-electron chi connectivity index (χ0n) is 11.7. The van der Waals surface area contributed by atoms with Gasteiger partial charge in [-0.1, -0.05) is 13.0 Å². The topological polar surface area (TPSA) is 75.6 Å². The first-order chi connectivity index (χ1) is 9.32. The summed E-state index contributed by atoms with van der Waals surface area (Å²) in [5, 5.41) is 11.5. The van der Waals surface area contributed by atoms with Gasteiger partial charge in [0.15, 0.2) is 11.6 Å². The number of carboxylic acids is 1. The maximum Gasteiger partial charge on any atom is 0.329 e. The van der Waals surface area contributed by atoms with Crippen LogP contribution >= 0.6 is 0 Å². The normalized spacial score (nSPS) is 13.4. The molecule has 1 rings (SSSR count). The summed E-state index contributed by atoms with van der Waals surface area (Å²) in [6, 6.07) is 4.18. The maximum atomic E-state index is 13.5. The molecule has 1 unspecified atom stereocenters. The number of amides is 1. The van der Waals surface area contributed by atoms with Gasteiger partial charge in [0.2, 0.25) is 5.91 Å². The first-order valence-corrected chi connectivity index (χ1v) is 6.19. The first kappa shape index (κ1) is 15.9. The number of carbonyl (C=O) groups excluding carboxylic acids is 1. The van der Waals surface area contributed by atoms with Crippen LogP contribution in [0, 0.1) is 5.82 Å². The number of hydrogen-bond donors (Lipinski definition) is 2. The van der Waals surface area contributed by atoms with Gasteiger partial charge in [-0.3, -0.25) is 4.79 Å². The summed E-state index contributed by atoms with van der Waals surface area (Å²) >= 11 is 0. The molecule has 0 fully saturated rings. The number of hydrogen-bond acceptors (Lipinski definition) is 3. The van der Waals surface area contributed by atoms with E-state index in [9.17, 15) is 14.0 Å². The lowest BCUT2D eigenvalue weighted by atomic mass is 9.98. The van der Waals surface area contributed by atoms with Gasteiger partial charge in [0.05, 0.1) is 13.5 Å². The van der Waals surface area contributed by atoms with Crippen LogP contribution in [0.2, 0.25) is 0 Å². The number of benzene rings is 1. The van der Waals surface area contributed by atoms with Crippen LogP contribution in [-0.2, 0) is 16.0 Å². The molecular weight excluding hydrogens is 265 g/mol. The standard InChI is InChI=1S/C14H18FNO4/c1-4-14(2,13(18)19)16-12(17)8-9-5-6-11(20-3)10(15)7-9/h5-7H,4,8H2,1-3H3,(H,16,17)(H,18,19). The van der Waals surface area contributed by atoms with Crippen molar-refractivity contribution in [1.82, 2.24) is 5.32 Å². The summed E-state index contributed by atoms with van der Waals surface area (Å²) in [6.45, 7) is 3.10. The molecule has 0 aliphatic rings. The van der Waals surface area contributed by atoms with Crippen LogP contribution in [0.5, 0.6) is 5.75 Å². The Morgan fingerprint density at radius 2 is 2.10 bits per heavy atom. The molecular formula is C14H18FNO4. The van der Waals surface area contributed by atoms with Gasteiger partial charge in [-0.2, -0.15) is 0 Å². The van der Waals surface area contributed by atoms with E-state index in [-0.39, 0.29) is 18.6 Å². The largest absolute Gasteiger partial charge is 0.494 e. The van der Waals surface area contributed by atoms with Gasteiger partial charge in [0.25, 0.3) is 0 Å². The van der Waals surface area contributed by atoms with Crippen molar-refractivity contribution in [3.8, 4) is 5.75 Å². The van der Waals surface area contributed by atoms with Gasteiger partial charge < -0.3 is 15.2 Å². The molecule has 0 spiro atoms. The average Bonchev–Trinajstić information content (AvgIpc) is 2.38. The van der Waals surface area contributed by atoms with E-state index in [4.69, 9.17) is 9.84 Å². The molecule has 1 atom stereocenters. The van der Waals surface area contributed by atoms with E-state index in [1.807, 2.05) is 0 Å². The number of aliphatic carboxylic acids is 1. The van der Waals surface area contributed by atoms with E-state index < -0.39 is 23.2 Å².